The number of aliphatic carboxylic acids is 1. The third-order valence-corrected chi connectivity index (χ3v) is 4.28. The lowest BCUT2D eigenvalue weighted by atomic mass is 9.87. The fraction of sp³-hybridized carbons (Fsp3) is 0.333. The SMILES string of the molecule is Cc1c2c(c(O)c3c(=O)occc13)C[C@@](C)(C(=O)O)C2. The van der Waals surface area contributed by atoms with Gasteiger partial charge in [0.2, 0.25) is 0 Å². The number of fused-ring (bicyclic) bond motifs is 2. The van der Waals surface area contributed by atoms with Crippen molar-refractivity contribution in [3.63, 3.8) is 0 Å². The summed E-state index contributed by atoms with van der Waals surface area (Å²) in [5, 5.41) is 20.4. The van der Waals surface area contributed by atoms with Crippen molar-refractivity contribution in [1.29, 1.82) is 0 Å². The van der Waals surface area contributed by atoms with Gasteiger partial charge in [-0.25, -0.2) is 4.79 Å². The number of carbonyl (C=O) groups is 1. The standard InChI is InChI=1S/C15H14O5/c1-7-8-3-4-20-13(17)11(8)12(16)10-6-15(2,14(18)19)5-9(7)10/h3-4,16H,5-6H2,1-2H3,(H,18,19)/t15-/m0/s1. The number of benzene rings is 1. The predicted molar refractivity (Wildman–Crippen MR) is 72.0 cm³/mol. The quantitative estimate of drug-likeness (QED) is 0.830. The molecule has 0 spiro atoms. The average molecular weight is 274 g/mol. The molecule has 1 aromatic heterocycles. The van der Waals surface area contributed by atoms with Crippen molar-refractivity contribution in [2.45, 2.75) is 26.7 Å². The first kappa shape index (κ1) is 12.7. The fourth-order valence-corrected chi connectivity index (χ4v) is 3.06. The molecule has 1 aliphatic rings. The van der Waals surface area contributed by atoms with Gasteiger partial charge >= 0.3 is 11.6 Å². The van der Waals surface area contributed by atoms with Crippen molar-refractivity contribution in [3.05, 3.63) is 39.4 Å². The van der Waals surface area contributed by atoms with E-state index in [0.717, 1.165) is 11.1 Å². The molecule has 5 nitrogen and oxygen atoms in total. The molecule has 20 heavy (non-hydrogen) atoms. The Balaban J connectivity index is 2.38. The molecule has 0 saturated heterocycles. The summed E-state index contributed by atoms with van der Waals surface area (Å²) in [6, 6.07) is 1.63. The minimum Gasteiger partial charge on any atom is -0.507 e. The van der Waals surface area contributed by atoms with Crippen molar-refractivity contribution < 1.29 is 19.4 Å². The molecule has 0 saturated carbocycles. The maximum atomic E-state index is 11.8. The summed E-state index contributed by atoms with van der Waals surface area (Å²) in [6.07, 6.45) is 1.86. The Kier molecular flexibility index (Phi) is 2.45. The van der Waals surface area contributed by atoms with Crippen LogP contribution in [-0.4, -0.2) is 16.2 Å². The second-order valence-corrected chi connectivity index (χ2v) is 5.65. The minimum absolute atomic E-state index is 0.137. The van der Waals surface area contributed by atoms with Crippen molar-refractivity contribution in [2.24, 2.45) is 5.41 Å². The highest BCUT2D eigenvalue weighted by molar-refractivity contribution is 5.93. The zero-order chi connectivity index (χ0) is 14.7. The van der Waals surface area contributed by atoms with Crippen molar-refractivity contribution in [3.8, 4) is 5.75 Å². The first-order chi connectivity index (χ1) is 9.35. The summed E-state index contributed by atoms with van der Waals surface area (Å²) in [5.74, 6) is -1.04. The summed E-state index contributed by atoms with van der Waals surface area (Å²) in [7, 11) is 0. The molecule has 0 fully saturated rings. The van der Waals surface area contributed by atoms with Crippen LogP contribution in [0.15, 0.2) is 21.5 Å². The van der Waals surface area contributed by atoms with Crippen LogP contribution in [0.3, 0.4) is 0 Å². The molecule has 104 valence electrons. The van der Waals surface area contributed by atoms with Gasteiger partial charge in [-0.15, -0.1) is 0 Å². The molecule has 1 aliphatic carbocycles. The lowest BCUT2D eigenvalue weighted by Gasteiger charge is -2.16. The van der Waals surface area contributed by atoms with Gasteiger partial charge in [-0.3, -0.25) is 4.79 Å². The second-order valence-electron chi connectivity index (χ2n) is 5.65. The molecular formula is C15H14O5. The number of phenols is 1. The maximum absolute atomic E-state index is 11.8. The zero-order valence-electron chi connectivity index (χ0n) is 11.2. The smallest absolute Gasteiger partial charge is 0.347 e. The molecule has 0 amide bonds. The van der Waals surface area contributed by atoms with E-state index in [1.165, 1.54) is 6.26 Å². The largest absolute Gasteiger partial charge is 0.507 e. The van der Waals surface area contributed by atoms with Crippen LogP contribution in [0.1, 0.15) is 23.6 Å². The number of carboxylic acid groups (broad SMARTS) is 1. The maximum Gasteiger partial charge on any atom is 0.347 e. The van der Waals surface area contributed by atoms with E-state index in [2.05, 4.69) is 0 Å². The number of hydrogen-bond donors (Lipinski definition) is 2. The third kappa shape index (κ3) is 1.49. The molecule has 0 bridgehead atoms. The van der Waals surface area contributed by atoms with Crippen LogP contribution in [0.4, 0.5) is 0 Å². The Bertz CT molecular complexity index is 802. The first-order valence-electron chi connectivity index (χ1n) is 6.33. The summed E-state index contributed by atoms with van der Waals surface area (Å²) in [5.41, 5.74) is 0.673. The Morgan fingerprint density at radius 1 is 1.35 bits per heavy atom. The lowest BCUT2D eigenvalue weighted by molar-refractivity contribution is -0.147. The highest BCUT2D eigenvalue weighted by Crippen LogP contribution is 2.45. The van der Waals surface area contributed by atoms with Gasteiger partial charge in [-0.2, -0.15) is 0 Å². The molecule has 2 aromatic rings. The van der Waals surface area contributed by atoms with Crippen LogP contribution >= 0.6 is 0 Å². The Morgan fingerprint density at radius 3 is 2.65 bits per heavy atom. The molecule has 0 unspecified atom stereocenters. The molecule has 1 atom stereocenters. The molecule has 3 rings (SSSR count). The Labute approximate surface area is 114 Å². The lowest BCUT2D eigenvalue weighted by Crippen LogP contribution is -2.27. The summed E-state index contributed by atoms with van der Waals surface area (Å²) < 4.78 is 4.80. The number of aromatic hydroxyl groups is 1. The topological polar surface area (TPSA) is 87.7 Å². The third-order valence-electron chi connectivity index (χ3n) is 4.28. The van der Waals surface area contributed by atoms with Gasteiger partial charge in [-0.1, -0.05) is 0 Å². The molecule has 0 radical (unpaired) electrons. The molecule has 5 heteroatoms. The number of aryl methyl sites for hydroxylation is 1. The Hall–Kier alpha value is -2.30. The van der Waals surface area contributed by atoms with E-state index in [4.69, 9.17) is 4.42 Å². The van der Waals surface area contributed by atoms with E-state index < -0.39 is 17.0 Å². The minimum atomic E-state index is -0.942. The van der Waals surface area contributed by atoms with Crippen LogP contribution in [0.25, 0.3) is 10.8 Å². The number of rotatable bonds is 1. The van der Waals surface area contributed by atoms with Crippen LogP contribution < -0.4 is 5.63 Å². The van der Waals surface area contributed by atoms with Gasteiger partial charge in [0.15, 0.2) is 0 Å². The van der Waals surface area contributed by atoms with E-state index in [-0.39, 0.29) is 17.6 Å². The van der Waals surface area contributed by atoms with Gasteiger partial charge in [0, 0.05) is 0 Å². The summed E-state index contributed by atoms with van der Waals surface area (Å²) in [6.45, 7) is 3.50. The van der Waals surface area contributed by atoms with Crippen LogP contribution in [-0.2, 0) is 17.6 Å². The van der Waals surface area contributed by atoms with E-state index >= 15 is 0 Å². The first-order valence-corrected chi connectivity index (χ1v) is 6.33. The van der Waals surface area contributed by atoms with Gasteiger partial charge < -0.3 is 14.6 Å². The van der Waals surface area contributed by atoms with E-state index in [1.54, 1.807) is 13.0 Å². The second kappa shape index (κ2) is 3.85. The Morgan fingerprint density at radius 2 is 2.00 bits per heavy atom. The highest BCUT2D eigenvalue weighted by Gasteiger charge is 2.42. The molecule has 1 aromatic carbocycles. The normalized spacial score (nSPS) is 21.1. The van der Waals surface area contributed by atoms with Gasteiger partial charge in [-0.05, 0) is 54.8 Å². The predicted octanol–water partition coefficient (Wildman–Crippen LogP) is 2.00. The van der Waals surface area contributed by atoms with Gasteiger partial charge in [0.25, 0.3) is 0 Å². The van der Waals surface area contributed by atoms with Crippen LogP contribution in [0, 0.1) is 12.3 Å². The number of carboxylic acids is 1. The molecule has 1 heterocycles. The molecule has 2 N–H and O–H groups in total. The highest BCUT2D eigenvalue weighted by atomic mass is 16.4. The molecular weight excluding hydrogens is 260 g/mol. The van der Waals surface area contributed by atoms with Crippen LogP contribution in [0.5, 0.6) is 5.75 Å². The van der Waals surface area contributed by atoms with E-state index in [1.807, 2.05) is 6.92 Å². The van der Waals surface area contributed by atoms with E-state index in [9.17, 15) is 19.8 Å². The number of phenolic OH excluding ortho intramolecular Hbond substituents is 1. The van der Waals surface area contributed by atoms with Crippen LogP contribution in [0.2, 0.25) is 0 Å². The zero-order valence-corrected chi connectivity index (χ0v) is 11.2. The average Bonchev–Trinajstić information content (AvgIpc) is 2.76. The summed E-state index contributed by atoms with van der Waals surface area (Å²) in [4.78, 5) is 23.2. The van der Waals surface area contributed by atoms with Crippen molar-refractivity contribution in [1.82, 2.24) is 0 Å². The van der Waals surface area contributed by atoms with Crippen molar-refractivity contribution >= 4 is 16.7 Å². The fourth-order valence-electron chi connectivity index (χ4n) is 3.06. The number of hydrogen-bond acceptors (Lipinski definition) is 4. The van der Waals surface area contributed by atoms with Gasteiger partial charge in [0.1, 0.15) is 11.1 Å². The van der Waals surface area contributed by atoms with E-state index in [0.29, 0.717) is 17.4 Å². The summed E-state index contributed by atoms with van der Waals surface area (Å²) >= 11 is 0. The van der Waals surface area contributed by atoms with Gasteiger partial charge in [0.05, 0.1) is 11.7 Å². The monoisotopic (exact) mass is 274 g/mol. The molecule has 0 aliphatic heterocycles. The van der Waals surface area contributed by atoms with Crippen molar-refractivity contribution in [2.75, 3.05) is 0 Å².